The van der Waals surface area contributed by atoms with Gasteiger partial charge in [-0.1, -0.05) is 23.7 Å². The number of allylic oxidation sites excluding steroid dienone is 1. The molecule has 2 rings (SSSR count). The Hall–Kier alpha value is -2.05. The number of nitriles is 1. The van der Waals surface area contributed by atoms with E-state index in [-0.39, 0.29) is 0 Å². The number of hydrogen-bond donors (Lipinski definition) is 0. The number of halogens is 1. The second-order valence-corrected chi connectivity index (χ2v) is 3.55. The molecule has 0 aliphatic carbocycles. The zero-order valence-electron chi connectivity index (χ0n) is 8.34. The summed E-state index contributed by atoms with van der Waals surface area (Å²) < 4.78 is 1.89. The summed E-state index contributed by atoms with van der Waals surface area (Å²) in [5, 5.41) is 8.92. The molecule has 16 heavy (non-hydrogen) atoms. The van der Waals surface area contributed by atoms with Gasteiger partial charge in [-0.3, -0.25) is 0 Å². The van der Waals surface area contributed by atoms with Crippen LogP contribution < -0.4 is 0 Å². The first-order chi connectivity index (χ1) is 7.81. The molecule has 0 saturated carbocycles. The second-order valence-electron chi connectivity index (χ2n) is 3.14. The largest absolute Gasteiger partial charge is 0.306 e. The van der Waals surface area contributed by atoms with E-state index >= 15 is 0 Å². The highest BCUT2D eigenvalue weighted by atomic mass is 35.5. The first-order valence-corrected chi connectivity index (χ1v) is 5.03. The van der Waals surface area contributed by atoms with Crippen LogP contribution in [0.4, 0.5) is 0 Å². The van der Waals surface area contributed by atoms with Crippen LogP contribution >= 0.6 is 11.6 Å². The summed E-state index contributed by atoms with van der Waals surface area (Å²) in [4.78, 5) is 3.97. The lowest BCUT2D eigenvalue weighted by molar-refractivity contribution is 1.06. The highest BCUT2D eigenvalue weighted by Crippen LogP contribution is 2.19. The van der Waals surface area contributed by atoms with Gasteiger partial charge in [0.1, 0.15) is 0 Å². The molecule has 1 aromatic carbocycles. The van der Waals surface area contributed by atoms with Crippen molar-refractivity contribution in [2.75, 3.05) is 0 Å². The number of imidazole rings is 1. The van der Waals surface area contributed by atoms with Crippen molar-refractivity contribution < 1.29 is 0 Å². The minimum Gasteiger partial charge on any atom is -0.306 e. The van der Waals surface area contributed by atoms with E-state index in [0.29, 0.717) is 5.03 Å². The van der Waals surface area contributed by atoms with Gasteiger partial charge in [0.25, 0.3) is 0 Å². The maximum Gasteiger partial charge on any atom is 0.0991 e. The maximum absolute atomic E-state index is 8.48. The number of rotatable bonds is 2. The van der Waals surface area contributed by atoms with E-state index in [1.54, 1.807) is 12.5 Å². The van der Waals surface area contributed by atoms with Gasteiger partial charge in [-0.05, 0) is 17.7 Å². The van der Waals surface area contributed by atoms with Gasteiger partial charge in [-0.15, -0.1) is 0 Å². The standard InChI is InChI=1S/C12H8ClN3/c13-12(5-6-14)10-1-3-11(4-2-10)16-8-7-15-9-16/h1-5,7-9H/b12-5-. The van der Waals surface area contributed by atoms with Gasteiger partial charge in [0.05, 0.1) is 17.4 Å². The Labute approximate surface area is 98.2 Å². The maximum atomic E-state index is 8.48. The minimum atomic E-state index is 0.444. The number of benzene rings is 1. The molecule has 1 heterocycles. The van der Waals surface area contributed by atoms with Crippen LogP contribution in [-0.2, 0) is 0 Å². The smallest absolute Gasteiger partial charge is 0.0991 e. The summed E-state index contributed by atoms with van der Waals surface area (Å²) in [6.07, 6.45) is 6.62. The predicted molar refractivity (Wildman–Crippen MR) is 63.0 cm³/mol. The van der Waals surface area contributed by atoms with Crippen molar-refractivity contribution in [1.82, 2.24) is 9.55 Å². The molecule has 0 saturated heterocycles. The van der Waals surface area contributed by atoms with Gasteiger partial charge in [-0.2, -0.15) is 5.26 Å². The molecule has 0 fully saturated rings. The molecule has 2 aromatic rings. The molecule has 0 N–H and O–H groups in total. The first kappa shape index (κ1) is 10.5. The van der Waals surface area contributed by atoms with Crippen LogP contribution in [0.1, 0.15) is 5.56 Å². The molecular weight excluding hydrogens is 222 g/mol. The molecule has 0 unspecified atom stereocenters. The van der Waals surface area contributed by atoms with E-state index in [9.17, 15) is 0 Å². The van der Waals surface area contributed by atoms with E-state index in [4.69, 9.17) is 16.9 Å². The topological polar surface area (TPSA) is 41.6 Å². The molecule has 1 aromatic heterocycles. The molecule has 0 aliphatic heterocycles. The highest BCUT2D eigenvalue weighted by molar-refractivity contribution is 6.48. The van der Waals surface area contributed by atoms with Gasteiger partial charge < -0.3 is 4.57 Å². The van der Waals surface area contributed by atoms with Crippen LogP contribution in [0.2, 0.25) is 0 Å². The molecule has 3 nitrogen and oxygen atoms in total. The molecule has 0 spiro atoms. The van der Waals surface area contributed by atoms with E-state index in [1.165, 1.54) is 6.08 Å². The van der Waals surface area contributed by atoms with Crippen molar-refractivity contribution in [2.45, 2.75) is 0 Å². The van der Waals surface area contributed by atoms with Crippen LogP contribution in [0.3, 0.4) is 0 Å². The zero-order chi connectivity index (χ0) is 11.4. The lowest BCUT2D eigenvalue weighted by Gasteiger charge is -2.03. The fourth-order valence-corrected chi connectivity index (χ4v) is 1.52. The molecular formula is C12H8ClN3. The molecule has 4 heteroatoms. The van der Waals surface area contributed by atoms with Crippen molar-refractivity contribution in [1.29, 1.82) is 5.26 Å². The fraction of sp³-hybridized carbons (Fsp3) is 0. The zero-order valence-corrected chi connectivity index (χ0v) is 9.09. The molecule has 0 amide bonds. The average molecular weight is 230 g/mol. The van der Waals surface area contributed by atoms with Gasteiger partial charge >= 0.3 is 0 Å². The van der Waals surface area contributed by atoms with E-state index < -0.39 is 0 Å². The van der Waals surface area contributed by atoms with Crippen molar-refractivity contribution in [3.05, 3.63) is 54.6 Å². The van der Waals surface area contributed by atoms with Crippen LogP contribution in [0.15, 0.2) is 49.1 Å². The van der Waals surface area contributed by atoms with E-state index in [0.717, 1.165) is 11.3 Å². The summed E-state index contributed by atoms with van der Waals surface area (Å²) in [5.74, 6) is 0. The Morgan fingerprint density at radius 3 is 2.69 bits per heavy atom. The predicted octanol–water partition coefficient (Wildman–Crippen LogP) is 2.98. The summed E-state index contributed by atoms with van der Waals surface area (Å²) in [7, 11) is 0. The number of hydrogen-bond acceptors (Lipinski definition) is 2. The average Bonchev–Trinajstić information content (AvgIpc) is 2.83. The van der Waals surface area contributed by atoms with Gasteiger partial charge in [-0.25, -0.2) is 4.98 Å². The second kappa shape index (κ2) is 4.65. The Morgan fingerprint density at radius 1 is 1.38 bits per heavy atom. The Morgan fingerprint density at radius 2 is 2.12 bits per heavy atom. The number of aromatic nitrogens is 2. The van der Waals surface area contributed by atoms with Crippen molar-refractivity contribution in [3.8, 4) is 11.8 Å². The van der Waals surface area contributed by atoms with Crippen LogP contribution in [0.5, 0.6) is 0 Å². The van der Waals surface area contributed by atoms with Crippen LogP contribution in [0.25, 0.3) is 10.7 Å². The van der Waals surface area contributed by atoms with E-state index in [1.807, 2.05) is 41.1 Å². The van der Waals surface area contributed by atoms with Gasteiger partial charge in [0.2, 0.25) is 0 Å². The van der Waals surface area contributed by atoms with Gasteiger partial charge in [0, 0.05) is 24.2 Å². The minimum absolute atomic E-state index is 0.444. The van der Waals surface area contributed by atoms with Gasteiger partial charge in [0.15, 0.2) is 0 Å². The summed E-state index contributed by atoms with van der Waals surface area (Å²) in [6, 6.07) is 9.47. The molecule has 0 aliphatic rings. The molecule has 0 bridgehead atoms. The summed E-state index contributed by atoms with van der Waals surface area (Å²) in [6.45, 7) is 0. The molecule has 0 atom stereocenters. The Kier molecular flexibility index (Phi) is 3.04. The summed E-state index contributed by atoms with van der Waals surface area (Å²) >= 11 is 5.90. The van der Waals surface area contributed by atoms with Crippen molar-refractivity contribution in [2.24, 2.45) is 0 Å². The third kappa shape index (κ3) is 2.13. The normalized spacial score (nSPS) is 11.1. The molecule has 0 radical (unpaired) electrons. The lowest BCUT2D eigenvalue weighted by Crippen LogP contribution is -1.89. The molecule has 78 valence electrons. The monoisotopic (exact) mass is 229 g/mol. The first-order valence-electron chi connectivity index (χ1n) is 4.65. The lowest BCUT2D eigenvalue weighted by atomic mass is 10.2. The third-order valence-corrected chi connectivity index (χ3v) is 2.46. The van der Waals surface area contributed by atoms with Crippen LogP contribution in [-0.4, -0.2) is 9.55 Å². The van der Waals surface area contributed by atoms with E-state index in [2.05, 4.69) is 4.98 Å². The highest BCUT2D eigenvalue weighted by Gasteiger charge is 1.99. The number of nitrogens with zero attached hydrogens (tertiary/aromatic N) is 3. The quantitative estimate of drug-likeness (QED) is 0.743. The van der Waals surface area contributed by atoms with Crippen molar-refractivity contribution >= 4 is 16.6 Å². The Bertz CT molecular complexity index is 533. The van der Waals surface area contributed by atoms with Crippen LogP contribution in [0, 0.1) is 11.3 Å². The third-order valence-electron chi connectivity index (χ3n) is 2.14. The SMILES string of the molecule is N#C/C=C(\Cl)c1ccc(-n2ccnc2)cc1. The van der Waals surface area contributed by atoms with Crippen molar-refractivity contribution in [3.63, 3.8) is 0 Å². The Balaban J connectivity index is 2.31. The fourth-order valence-electron chi connectivity index (χ4n) is 1.34. The summed E-state index contributed by atoms with van der Waals surface area (Å²) in [5.41, 5.74) is 1.83.